The number of hydrogen-bond donors (Lipinski definition) is 1. The molecule has 1 aliphatic heterocycles. The van der Waals surface area contributed by atoms with Crippen molar-refractivity contribution in [2.45, 2.75) is 19.4 Å². The molecule has 156 valence electrons. The van der Waals surface area contributed by atoms with E-state index in [9.17, 15) is 4.79 Å². The van der Waals surface area contributed by atoms with E-state index in [4.69, 9.17) is 21.7 Å². The molecule has 31 heavy (non-hydrogen) atoms. The van der Waals surface area contributed by atoms with Gasteiger partial charge in [0.15, 0.2) is 5.65 Å². The van der Waals surface area contributed by atoms with E-state index in [2.05, 4.69) is 20.2 Å². The number of rotatable bonds is 5. The molecule has 0 atom stereocenters. The van der Waals surface area contributed by atoms with Crippen LogP contribution in [0.25, 0.3) is 16.9 Å². The summed E-state index contributed by atoms with van der Waals surface area (Å²) >= 11 is 6.07. The largest absolute Gasteiger partial charge is 0.355 e. The maximum absolute atomic E-state index is 12.6. The second-order valence-corrected chi connectivity index (χ2v) is 7.78. The molecule has 1 fully saturated rings. The predicted molar refractivity (Wildman–Crippen MR) is 118 cm³/mol. The molecule has 0 aliphatic carbocycles. The lowest BCUT2D eigenvalue weighted by molar-refractivity contribution is 0.0945. The first-order valence-electron chi connectivity index (χ1n) is 10.1. The molecule has 0 saturated carbocycles. The molecule has 9 heteroatoms. The predicted octanol–water partition coefficient (Wildman–Crippen LogP) is 3.37. The average molecular weight is 434 g/mol. The minimum absolute atomic E-state index is 0.241. The van der Waals surface area contributed by atoms with Crippen LogP contribution in [0.3, 0.4) is 0 Å². The number of aromatic nitrogens is 5. The van der Waals surface area contributed by atoms with Crippen LogP contribution < -0.4 is 10.2 Å². The summed E-state index contributed by atoms with van der Waals surface area (Å²) in [4.78, 5) is 27.6. The van der Waals surface area contributed by atoms with Crippen molar-refractivity contribution in [2.75, 3.05) is 18.0 Å². The number of halogens is 1. The van der Waals surface area contributed by atoms with E-state index in [0.29, 0.717) is 5.02 Å². The molecule has 0 unspecified atom stereocenters. The number of carbonyl (C=O) groups excluding carboxylic acids is 1. The van der Waals surface area contributed by atoms with Crippen LogP contribution in [0.4, 0.5) is 5.82 Å². The molecule has 1 amide bonds. The van der Waals surface area contributed by atoms with Crippen molar-refractivity contribution >= 4 is 29.0 Å². The van der Waals surface area contributed by atoms with Gasteiger partial charge in [-0.2, -0.15) is 0 Å². The fourth-order valence-electron chi connectivity index (χ4n) is 3.75. The van der Waals surface area contributed by atoms with E-state index < -0.39 is 0 Å². The van der Waals surface area contributed by atoms with Gasteiger partial charge in [0.05, 0.1) is 24.1 Å². The number of anilines is 1. The Morgan fingerprint density at radius 2 is 1.87 bits per heavy atom. The highest BCUT2D eigenvalue weighted by Gasteiger charge is 2.20. The van der Waals surface area contributed by atoms with E-state index in [-0.39, 0.29) is 18.1 Å². The summed E-state index contributed by atoms with van der Waals surface area (Å²) in [5.41, 5.74) is 3.42. The van der Waals surface area contributed by atoms with Gasteiger partial charge in [-0.05, 0) is 37.1 Å². The van der Waals surface area contributed by atoms with Crippen molar-refractivity contribution in [3.63, 3.8) is 0 Å². The fourth-order valence-corrected chi connectivity index (χ4v) is 3.88. The molecule has 1 aromatic carbocycles. The summed E-state index contributed by atoms with van der Waals surface area (Å²) in [5, 5.41) is 8.42. The third-order valence-electron chi connectivity index (χ3n) is 5.32. The van der Waals surface area contributed by atoms with Crippen molar-refractivity contribution < 1.29 is 4.79 Å². The molecule has 1 N–H and O–H groups in total. The normalized spacial score (nSPS) is 13.6. The molecule has 4 heterocycles. The quantitative estimate of drug-likeness (QED) is 0.519. The number of nitrogens with zero attached hydrogens (tertiary/aromatic N) is 6. The summed E-state index contributed by atoms with van der Waals surface area (Å²) in [6.45, 7) is 2.23. The first-order valence-corrected chi connectivity index (χ1v) is 10.5. The van der Waals surface area contributed by atoms with Crippen molar-refractivity contribution in [1.82, 2.24) is 29.9 Å². The van der Waals surface area contributed by atoms with Gasteiger partial charge in [0, 0.05) is 36.1 Å². The Bertz CT molecular complexity index is 1220. The minimum Gasteiger partial charge on any atom is -0.355 e. The highest BCUT2D eigenvalue weighted by Crippen LogP contribution is 2.27. The van der Waals surface area contributed by atoms with Gasteiger partial charge < -0.3 is 10.2 Å². The van der Waals surface area contributed by atoms with Crippen molar-refractivity contribution in [3.8, 4) is 11.3 Å². The molecular weight excluding hydrogens is 414 g/mol. The van der Waals surface area contributed by atoms with Gasteiger partial charge in [-0.25, -0.2) is 14.5 Å². The number of hydrogen-bond acceptors (Lipinski definition) is 6. The number of nitrogens with one attached hydrogen (secondary N) is 1. The second-order valence-electron chi connectivity index (χ2n) is 7.34. The maximum Gasteiger partial charge on any atom is 0.271 e. The zero-order valence-electron chi connectivity index (χ0n) is 16.7. The van der Waals surface area contributed by atoms with Gasteiger partial charge in [-0.1, -0.05) is 23.7 Å². The monoisotopic (exact) mass is 433 g/mol. The molecule has 1 saturated heterocycles. The molecule has 8 nitrogen and oxygen atoms in total. The van der Waals surface area contributed by atoms with Crippen molar-refractivity contribution in [3.05, 3.63) is 71.4 Å². The summed E-state index contributed by atoms with van der Waals surface area (Å²) < 4.78 is 1.81. The van der Waals surface area contributed by atoms with Crippen LogP contribution in [0.15, 0.2) is 55.0 Å². The van der Waals surface area contributed by atoms with Gasteiger partial charge in [-0.15, -0.1) is 5.10 Å². The number of benzene rings is 1. The average Bonchev–Trinajstić information content (AvgIpc) is 3.46. The van der Waals surface area contributed by atoms with E-state index in [1.807, 2.05) is 40.9 Å². The standard InChI is InChI=1S/C22H20ClN7O/c23-16-5-3-15(4-6-16)21-18(14-26-22(31)17-13-24-9-10-25-17)30-19(27-21)7-8-20(28-30)29-11-1-2-12-29/h3-10,13H,1-2,11-12,14H2,(H,26,31). The topological polar surface area (TPSA) is 88.3 Å². The Labute approximate surface area is 183 Å². The van der Waals surface area contributed by atoms with Gasteiger partial charge in [0.2, 0.25) is 0 Å². The van der Waals surface area contributed by atoms with Crippen molar-refractivity contribution in [2.24, 2.45) is 0 Å². The van der Waals surface area contributed by atoms with Crippen LogP contribution in [0.5, 0.6) is 0 Å². The Morgan fingerprint density at radius 1 is 1.06 bits per heavy atom. The highest BCUT2D eigenvalue weighted by molar-refractivity contribution is 6.30. The first kappa shape index (κ1) is 19.4. The fraction of sp³-hybridized carbons (Fsp3) is 0.227. The van der Waals surface area contributed by atoms with Gasteiger partial charge in [0.25, 0.3) is 5.91 Å². The van der Waals surface area contributed by atoms with Crippen LogP contribution in [-0.4, -0.2) is 43.6 Å². The van der Waals surface area contributed by atoms with Gasteiger partial charge >= 0.3 is 0 Å². The maximum atomic E-state index is 12.6. The molecule has 0 bridgehead atoms. The lowest BCUT2D eigenvalue weighted by Crippen LogP contribution is -2.25. The Hall–Kier alpha value is -3.52. The van der Waals surface area contributed by atoms with Crippen LogP contribution in [0, 0.1) is 0 Å². The number of fused-ring (bicyclic) bond motifs is 1. The number of amides is 1. The SMILES string of the molecule is O=C(NCc1c(-c2ccc(Cl)cc2)nc2ccc(N3CCCC3)nn12)c1cnccn1. The zero-order chi connectivity index (χ0) is 21.2. The smallest absolute Gasteiger partial charge is 0.271 e. The summed E-state index contributed by atoms with van der Waals surface area (Å²) in [5.74, 6) is 0.604. The summed E-state index contributed by atoms with van der Waals surface area (Å²) in [7, 11) is 0. The zero-order valence-corrected chi connectivity index (χ0v) is 17.5. The third-order valence-corrected chi connectivity index (χ3v) is 5.57. The van der Waals surface area contributed by atoms with Crippen molar-refractivity contribution in [1.29, 1.82) is 0 Å². The van der Waals surface area contributed by atoms with Crippen LogP contribution in [-0.2, 0) is 6.54 Å². The van der Waals surface area contributed by atoms with E-state index in [1.165, 1.54) is 31.4 Å². The molecule has 0 radical (unpaired) electrons. The lowest BCUT2D eigenvalue weighted by atomic mass is 10.1. The van der Waals surface area contributed by atoms with E-state index in [0.717, 1.165) is 41.5 Å². The molecular formula is C22H20ClN7O. The molecule has 1 aliphatic rings. The van der Waals surface area contributed by atoms with Crippen LogP contribution in [0.1, 0.15) is 29.0 Å². The summed E-state index contributed by atoms with van der Waals surface area (Å²) in [6, 6.07) is 11.5. The van der Waals surface area contributed by atoms with Crippen LogP contribution >= 0.6 is 11.6 Å². The third kappa shape index (κ3) is 3.94. The van der Waals surface area contributed by atoms with Gasteiger partial charge in [-0.3, -0.25) is 9.78 Å². The van der Waals surface area contributed by atoms with E-state index in [1.54, 1.807) is 0 Å². The molecule has 0 spiro atoms. The Balaban J connectivity index is 1.54. The summed E-state index contributed by atoms with van der Waals surface area (Å²) in [6.07, 6.45) is 6.80. The highest BCUT2D eigenvalue weighted by atomic mass is 35.5. The minimum atomic E-state index is -0.305. The first-order chi connectivity index (χ1) is 15.2. The number of imidazole rings is 1. The molecule has 5 rings (SSSR count). The van der Waals surface area contributed by atoms with Gasteiger partial charge in [0.1, 0.15) is 11.5 Å². The van der Waals surface area contributed by atoms with Crippen LogP contribution in [0.2, 0.25) is 5.02 Å². The molecule has 3 aromatic heterocycles. The second kappa shape index (κ2) is 8.31. The number of carbonyl (C=O) groups is 1. The molecule has 4 aromatic rings. The van der Waals surface area contributed by atoms with E-state index >= 15 is 0 Å². The lowest BCUT2D eigenvalue weighted by Gasteiger charge is -2.16. The Kier molecular flexibility index (Phi) is 5.21. The Morgan fingerprint density at radius 3 is 2.61 bits per heavy atom.